The lowest BCUT2D eigenvalue weighted by molar-refractivity contribution is -0.143. The summed E-state index contributed by atoms with van der Waals surface area (Å²) in [5.41, 5.74) is 0.580. The molecule has 5 nitrogen and oxygen atoms in total. The fourth-order valence-corrected chi connectivity index (χ4v) is 2.70. The zero-order valence-corrected chi connectivity index (χ0v) is 16.2. The van der Waals surface area contributed by atoms with E-state index < -0.39 is 0 Å². The summed E-state index contributed by atoms with van der Waals surface area (Å²) < 4.78 is 4.97. The van der Waals surface area contributed by atoms with E-state index in [1.54, 1.807) is 36.1 Å². The van der Waals surface area contributed by atoms with Gasteiger partial charge in [0.15, 0.2) is 0 Å². The third kappa shape index (κ3) is 7.88. The van der Waals surface area contributed by atoms with Crippen LogP contribution in [0.2, 0.25) is 5.02 Å². The maximum atomic E-state index is 12.8. The molecule has 25 heavy (non-hydrogen) atoms. The molecule has 0 fully saturated rings. The first-order valence-corrected chi connectivity index (χ1v) is 9.32. The van der Waals surface area contributed by atoms with E-state index in [1.165, 1.54) is 0 Å². The number of nitrogens with zero attached hydrogens (tertiary/aromatic N) is 2. The largest absolute Gasteiger partial charge is 0.466 e. The maximum Gasteiger partial charge on any atom is 0.307 e. The van der Waals surface area contributed by atoms with Gasteiger partial charge in [-0.2, -0.15) is 0 Å². The number of ether oxygens (including phenoxy) is 1. The lowest BCUT2D eigenvalue weighted by atomic mass is 10.2. The van der Waals surface area contributed by atoms with E-state index in [9.17, 15) is 9.59 Å². The molecule has 0 aliphatic carbocycles. The summed E-state index contributed by atoms with van der Waals surface area (Å²) in [6.07, 6.45) is 1.07. The summed E-state index contributed by atoms with van der Waals surface area (Å²) in [5, 5.41) is 0.594. The van der Waals surface area contributed by atoms with E-state index in [0.29, 0.717) is 30.3 Å². The van der Waals surface area contributed by atoms with Crippen LogP contribution in [-0.2, 0) is 9.53 Å². The number of hydrogen-bond donors (Lipinski definition) is 0. The first-order valence-electron chi connectivity index (χ1n) is 8.94. The molecule has 0 radical (unpaired) electrons. The Labute approximate surface area is 155 Å². The summed E-state index contributed by atoms with van der Waals surface area (Å²) in [4.78, 5) is 28.4. The number of carbonyl (C=O) groups is 2. The van der Waals surface area contributed by atoms with Crippen molar-refractivity contribution in [2.45, 2.75) is 33.6 Å². The van der Waals surface area contributed by atoms with Crippen molar-refractivity contribution in [3.05, 3.63) is 34.9 Å². The number of benzene rings is 1. The Kier molecular flexibility index (Phi) is 10.2. The second-order valence-electron chi connectivity index (χ2n) is 5.73. The second-order valence-corrected chi connectivity index (χ2v) is 6.17. The van der Waals surface area contributed by atoms with Crippen molar-refractivity contribution in [2.24, 2.45) is 0 Å². The van der Waals surface area contributed by atoms with Crippen LogP contribution >= 0.6 is 11.6 Å². The van der Waals surface area contributed by atoms with Gasteiger partial charge in [-0.05, 0) is 57.2 Å². The van der Waals surface area contributed by atoms with Crippen molar-refractivity contribution in [1.82, 2.24) is 9.80 Å². The molecule has 0 saturated carbocycles. The smallest absolute Gasteiger partial charge is 0.307 e. The van der Waals surface area contributed by atoms with Crippen molar-refractivity contribution in [1.29, 1.82) is 0 Å². The van der Waals surface area contributed by atoms with Crippen LogP contribution in [0, 0.1) is 0 Å². The number of halogens is 1. The Hall–Kier alpha value is -1.59. The van der Waals surface area contributed by atoms with E-state index in [4.69, 9.17) is 16.3 Å². The van der Waals surface area contributed by atoms with Crippen molar-refractivity contribution >= 4 is 23.5 Å². The Morgan fingerprint density at radius 1 is 1.00 bits per heavy atom. The van der Waals surface area contributed by atoms with E-state index in [2.05, 4.69) is 18.7 Å². The van der Waals surface area contributed by atoms with Crippen LogP contribution in [0.3, 0.4) is 0 Å². The first-order chi connectivity index (χ1) is 12.0. The third-order valence-corrected chi connectivity index (χ3v) is 4.32. The summed E-state index contributed by atoms with van der Waals surface area (Å²) in [5.74, 6) is -0.360. The molecule has 1 aromatic rings. The van der Waals surface area contributed by atoms with Gasteiger partial charge in [-0.3, -0.25) is 9.59 Å². The zero-order valence-electron chi connectivity index (χ0n) is 15.5. The molecule has 0 aromatic heterocycles. The Morgan fingerprint density at radius 2 is 1.64 bits per heavy atom. The van der Waals surface area contributed by atoms with Gasteiger partial charge in [-0.15, -0.1) is 0 Å². The van der Waals surface area contributed by atoms with Crippen LogP contribution in [-0.4, -0.2) is 61.0 Å². The molecule has 0 aliphatic heterocycles. The summed E-state index contributed by atoms with van der Waals surface area (Å²) in [6.45, 7) is 10.3. The lowest BCUT2D eigenvalue weighted by Crippen LogP contribution is -2.36. The Balaban J connectivity index is 2.70. The molecule has 1 rings (SSSR count). The van der Waals surface area contributed by atoms with Gasteiger partial charge in [-0.25, -0.2) is 0 Å². The molecular formula is C19H29ClN2O3. The average Bonchev–Trinajstić information content (AvgIpc) is 2.61. The number of amides is 1. The van der Waals surface area contributed by atoms with Crippen molar-refractivity contribution in [2.75, 3.05) is 39.3 Å². The summed E-state index contributed by atoms with van der Waals surface area (Å²) in [6, 6.07) is 6.83. The van der Waals surface area contributed by atoms with Crippen LogP contribution < -0.4 is 0 Å². The number of hydrogen-bond acceptors (Lipinski definition) is 4. The third-order valence-electron chi connectivity index (χ3n) is 4.07. The van der Waals surface area contributed by atoms with E-state index in [1.807, 2.05) is 0 Å². The lowest BCUT2D eigenvalue weighted by Gasteiger charge is -2.25. The van der Waals surface area contributed by atoms with Gasteiger partial charge < -0.3 is 14.5 Å². The molecule has 0 heterocycles. The van der Waals surface area contributed by atoms with Gasteiger partial charge in [0.2, 0.25) is 0 Å². The number of rotatable bonds is 11. The predicted molar refractivity (Wildman–Crippen MR) is 101 cm³/mol. The van der Waals surface area contributed by atoms with Crippen molar-refractivity contribution in [3.8, 4) is 0 Å². The van der Waals surface area contributed by atoms with Crippen LogP contribution in [0.4, 0.5) is 0 Å². The molecule has 0 bridgehead atoms. The molecular weight excluding hydrogens is 340 g/mol. The highest BCUT2D eigenvalue weighted by Gasteiger charge is 2.17. The van der Waals surface area contributed by atoms with E-state index >= 15 is 0 Å². The van der Waals surface area contributed by atoms with Crippen molar-refractivity contribution in [3.63, 3.8) is 0 Å². The monoisotopic (exact) mass is 368 g/mol. The standard InChI is InChI=1S/C19H29ClN2O3/c1-4-21(5-2)13-7-14-22(15-12-18(23)25-6-3)19(24)16-8-10-17(20)11-9-16/h8-11H,4-7,12-15H2,1-3H3. The predicted octanol–water partition coefficient (Wildman–Crippen LogP) is 3.47. The van der Waals surface area contributed by atoms with Gasteiger partial charge in [0, 0.05) is 23.7 Å². The molecule has 0 atom stereocenters. The number of carbonyl (C=O) groups excluding carboxylic acids is 2. The fourth-order valence-electron chi connectivity index (χ4n) is 2.57. The Bertz CT molecular complexity index is 530. The van der Waals surface area contributed by atoms with Gasteiger partial charge in [-0.1, -0.05) is 25.4 Å². The Morgan fingerprint density at radius 3 is 2.20 bits per heavy atom. The van der Waals surface area contributed by atoms with Crippen LogP contribution in [0.1, 0.15) is 44.0 Å². The molecule has 0 unspecified atom stereocenters. The quantitative estimate of drug-likeness (QED) is 0.561. The molecule has 0 spiro atoms. The summed E-state index contributed by atoms with van der Waals surface area (Å²) in [7, 11) is 0. The minimum atomic E-state index is -0.278. The minimum Gasteiger partial charge on any atom is -0.466 e. The molecule has 6 heteroatoms. The zero-order chi connectivity index (χ0) is 18.7. The molecule has 1 amide bonds. The fraction of sp³-hybridized carbons (Fsp3) is 0.579. The van der Waals surface area contributed by atoms with Crippen LogP contribution in [0.5, 0.6) is 0 Å². The second kappa shape index (κ2) is 11.9. The first kappa shape index (κ1) is 21.5. The van der Waals surface area contributed by atoms with E-state index in [-0.39, 0.29) is 18.3 Å². The SMILES string of the molecule is CCOC(=O)CCN(CCCN(CC)CC)C(=O)c1ccc(Cl)cc1. The maximum absolute atomic E-state index is 12.8. The highest BCUT2D eigenvalue weighted by molar-refractivity contribution is 6.30. The van der Waals surface area contributed by atoms with Crippen LogP contribution in [0.15, 0.2) is 24.3 Å². The van der Waals surface area contributed by atoms with E-state index in [0.717, 1.165) is 26.1 Å². The minimum absolute atomic E-state index is 0.0829. The van der Waals surface area contributed by atoms with Crippen LogP contribution in [0.25, 0.3) is 0 Å². The molecule has 0 saturated heterocycles. The van der Waals surface area contributed by atoms with Gasteiger partial charge in [0.1, 0.15) is 0 Å². The highest BCUT2D eigenvalue weighted by atomic mass is 35.5. The van der Waals surface area contributed by atoms with Crippen molar-refractivity contribution < 1.29 is 14.3 Å². The molecule has 1 aromatic carbocycles. The molecule has 0 N–H and O–H groups in total. The average molecular weight is 369 g/mol. The normalized spacial score (nSPS) is 10.8. The van der Waals surface area contributed by atoms with Gasteiger partial charge in [0.25, 0.3) is 5.91 Å². The topological polar surface area (TPSA) is 49.9 Å². The molecule has 0 aliphatic rings. The summed E-state index contributed by atoms with van der Waals surface area (Å²) >= 11 is 5.89. The highest BCUT2D eigenvalue weighted by Crippen LogP contribution is 2.12. The van der Waals surface area contributed by atoms with Gasteiger partial charge >= 0.3 is 5.97 Å². The number of esters is 1. The van der Waals surface area contributed by atoms with Gasteiger partial charge in [0.05, 0.1) is 13.0 Å². The molecule has 140 valence electrons.